The summed E-state index contributed by atoms with van der Waals surface area (Å²) in [5, 5.41) is 3.16. The van der Waals surface area contributed by atoms with Crippen molar-refractivity contribution in [2.75, 3.05) is 0 Å². The lowest BCUT2D eigenvalue weighted by atomic mass is 10.0. The average molecular weight is 393 g/mol. The van der Waals surface area contributed by atoms with Crippen LogP contribution in [0, 0.1) is 13.8 Å². The zero-order valence-electron chi connectivity index (χ0n) is 17.8. The van der Waals surface area contributed by atoms with Gasteiger partial charge in [-0.05, 0) is 55.9 Å². The van der Waals surface area contributed by atoms with Crippen LogP contribution in [-0.2, 0) is 22.6 Å². The normalized spacial score (nSPS) is 15.1. The van der Waals surface area contributed by atoms with E-state index in [1.165, 1.54) is 12.8 Å². The van der Waals surface area contributed by atoms with Gasteiger partial charge >= 0.3 is 0 Å². The van der Waals surface area contributed by atoms with E-state index >= 15 is 0 Å². The zero-order chi connectivity index (χ0) is 20.8. The SMILES string of the molecule is Cc1ccccc1CC(=O)N(Cc1ccccc1C)[C@@H](C)C(=O)NC1CCCC1. The summed E-state index contributed by atoms with van der Waals surface area (Å²) in [6.07, 6.45) is 4.71. The molecule has 0 bridgehead atoms. The lowest BCUT2D eigenvalue weighted by Crippen LogP contribution is -2.50. The Hall–Kier alpha value is -2.62. The first-order chi connectivity index (χ1) is 14.0. The summed E-state index contributed by atoms with van der Waals surface area (Å²) in [6, 6.07) is 15.7. The van der Waals surface area contributed by atoms with Crippen molar-refractivity contribution in [3.63, 3.8) is 0 Å². The number of rotatable bonds is 7. The number of carbonyl (C=O) groups excluding carboxylic acids is 2. The molecule has 2 aromatic carbocycles. The Bertz CT molecular complexity index is 855. The fourth-order valence-electron chi connectivity index (χ4n) is 4.02. The summed E-state index contributed by atoms with van der Waals surface area (Å²) in [4.78, 5) is 28.0. The first-order valence-electron chi connectivity index (χ1n) is 10.6. The van der Waals surface area contributed by atoms with Crippen LogP contribution in [0.25, 0.3) is 0 Å². The Balaban J connectivity index is 1.80. The number of benzene rings is 2. The second-order valence-corrected chi connectivity index (χ2v) is 8.22. The first kappa shape index (κ1) is 21.1. The molecule has 0 radical (unpaired) electrons. The Morgan fingerprint density at radius 2 is 1.52 bits per heavy atom. The second kappa shape index (κ2) is 9.73. The van der Waals surface area contributed by atoms with E-state index in [-0.39, 0.29) is 17.9 Å². The van der Waals surface area contributed by atoms with Crippen molar-refractivity contribution in [1.29, 1.82) is 0 Å². The molecule has 1 saturated carbocycles. The van der Waals surface area contributed by atoms with Gasteiger partial charge in [-0.3, -0.25) is 9.59 Å². The van der Waals surface area contributed by atoms with Crippen molar-refractivity contribution in [3.8, 4) is 0 Å². The molecular weight excluding hydrogens is 360 g/mol. The number of hydrogen-bond donors (Lipinski definition) is 1. The summed E-state index contributed by atoms with van der Waals surface area (Å²) in [6.45, 7) is 6.35. The predicted molar refractivity (Wildman–Crippen MR) is 116 cm³/mol. The minimum absolute atomic E-state index is 0.0170. The quantitative estimate of drug-likeness (QED) is 0.763. The predicted octanol–water partition coefficient (Wildman–Crippen LogP) is 4.32. The third-order valence-corrected chi connectivity index (χ3v) is 6.07. The molecule has 1 N–H and O–H groups in total. The maximum absolute atomic E-state index is 13.3. The molecule has 0 aromatic heterocycles. The molecule has 1 atom stereocenters. The highest BCUT2D eigenvalue weighted by Crippen LogP contribution is 2.20. The molecule has 3 rings (SSSR count). The summed E-state index contributed by atoms with van der Waals surface area (Å²) in [5.74, 6) is -0.0692. The van der Waals surface area contributed by atoms with Crippen LogP contribution in [0.3, 0.4) is 0 Å². The van der Waals surface area contributed by atoms with Gasteiger partial charge in [0.15, 0.2) is 0 Å². The molecule has 1 aliphatic carbocycles. The van der Waals surface area contributed by atoms with Gasteiger partial charge in [0.1, 0.15) is 6.04 Å². The first-order valence-corrected chi connectivity index (χ1v) is 10.6. The number of carbonyl (C=O) groups is 2. The number of aryl methyl sites for hydroxylation is 2. The van der Waals surface area contributed by atoms with E-state index in [9.17, 15) is 9.59 Å². The molecule has 4 heteroatoms. The van der Waals surface area contributed by atoms with Crippen molar-refractivity contribution in [1.82, 2.24) is 10.2 Å². The topological polar surface area (TPSA) is 49.4 Å². The summed E-state index contributed by atoms with van der Waals surface area (Å²) in [5.41, 5.74) is 4.31. The molecule has 29 heavy (non-hydrogen) atoms. The van der Waals surface area contributed by atoms with Crippen LogP contribution < -0.4 is 5.32 Å². The van der Waals surface area contributed by atoms with Gasteiger partial charge in [0, 0.05) is 12.6 Å². The van der Waals surface area contributed by atoms with Gasteiger partial charge in [0.05, 0.1) is 6.42 Å². The van der Waals surface area contributed by atoms with Crippen LogP contribution in [-0.4, -0.2) is 28.8 Å². The maximum atomic E-state index is 13.3. The monoisotopic (exact) mass is 392 g/mol. The Morgan fingerprint density at radius 1 is 0.966 bits per heavy atom. The van der Waals surface area contributed by atoms with Gasteiger partial charge in [-0.2, -0.15) is 0 Å². The average Bonchev–Trinajstić information content (AvgIpc) is 3.21. The third-order valence-electron chi connectivity index (χ3n) is 6.07. The van der Waals surface area contributed by atoms with Crippen molar-refractivity contribution in [3.05, 3.63) is 70.8 Å². The van der Waals surface area contributed by atoms with E-state index in [1.807, 2.05) is 69.3 Å². The minimum Gasteiger partial charge on any atom is -0.352 e. The Morgan fingerprint density at radius 3 is 2.10 bits per heavy atom. The smallest absolute Gasteiger partial charge is 0.242 e. The molecule has 0 saturated heterocycles. The summed E-state index contributed by atoms with van der Waals surface area (Å²) < 4.78 is 0. The van der Waals surface area contributed by atoms with Crippen molar-refractivity contribution >= 4 is 11.8 Å². The molecule has 0 unspecified atom stereocenters. The lowest BCUT2D eigenvalue weighted by Gasteiger charge is -2.30. The molecule has 2 aromatic rings. The van der Waals surface area contributed by atoms with E-state index < -0.39 is 6.04 Å². The molecule has 154 valence electrons. The van der Waals surface area contributed by atoms with Gasteiger partial charge < -0.3 is 10.2 Å². The van der Waals surface area contributed by atoms with Crippen LogP contribution in [0.4, 0.5) is 0 Å². The molecule has 1 fully saturated rings. The van der Waals surface area contributed by atoms with E-state index in [4.69, 9.17) is 0 Å². The Kier molecular flexibility index (Phi) is 7.08. The van der Waals surface area contributed by atoms with Crippen LogP contribution in [0.2, 0.25) is 0 Å². The molecule has 0 aliphatic heterocycles. The highest BCUT2D eigenvalue weighted by molar-refractivity contribution is 5.88. The summed E-state index contributed by atoms with van der Waals surface area (Å²) >= 11 is 0. The lowest BCUT2D eigenvalue weighted by molar-refractivity contribution is -0.140. The van der Waals surface area contributed by atoms with Gasteiger partial charge in [0.25, 0.3) is 0 Å². The highest BCUT2D eigenvalue weighted by Gasteiger charge is 2.28. The highest BCUT2D eigenvalue weighted by atomic mass is 16.2. The van der Waals surface area contributed by atoms with Crippen LogP contribution in [0.1, 0.15) is 54.9 Å². The zero-order valence-corrected chi connectivity index (χ0v) is 17.8. The molecule has 4 nitrogen and oxygen atoms in total. The number of nitrogens with zero attached hydrogens (tertiary/aromatic N) is 1. The fourth-order valence-corrected chi connectivity index (χ4v) is 4.02. The largest absolute Gasteiger partial charge is 0.352 e. The number of hydrogen-bond acceptors (Lipinski definition) is 2. The van der Waals surface area contributed by atoms with Gasteiger partial charge in [-0.1, -0.05) is 61.4 Å². The van der Waals surface area contributed by atoms with Crippen LogP contribution >= 0.6 is 0 Å². The van der Waals surface area contributed by atoms with Gasteiger partial charge in [-0.15, -0.1) is 0 Å². The number of nitrogens with one attached hydrogen (secondary N) is 1. The van der Waals surface area contributed by atoms with Crippen LogP contribution in [0.15, 0.2) is 48.5 Å². The molecule has 2 amide bonds. The molecular formula is C25H32N2O2. The van der Waals surface area contributed by atoms with E-state index in [2.05, 4.69) is 5.32 Å². The maximum Gasteiger partial charge on any atom is 0.242 e. The number of amides is 2. The fraction of sp³-hybridized carbons (Fsp3) is 0.440. The van der Waals surface area contributed by atoms with Crippen molar-refractivity contribution in [2.24, 2.45) is 0 Å². The molecule has 1 aliphatic rings. The van der Waals surface area contributed by atoms with E-state index in [0.29, 0.717) is 13.0 Å². The standard InChI is InChI=1S/C25H32N2O2/c1-18-10-4-6-12-21(18)16-24(28)27(17-22-13-7-5-11-19(22)2)20(3)25(29)26-23-14-8-9-15-23/h4-7,10-13,20,23H,8-9,14-17H2,1-3H3,(H,26,29)/t20-/m0/s1. The summed E-state index contributed by atoms with van der Waals surface area (Å²) in [7, 11) is 0. The van der Waals surface area contributed by atoms with Gasteiger partial charge in [0.2, 0.25) is 11.8 Å². The molecule has 0 heterocycles. The van der Waals surface area contributed by atoms with Gasteiger partial charge in [-0.25, -0.2) is 0 Å². The van der Waals surface area contributed by atoms with E-state index in [1.54, 1.807) is 4.90 Å². The van der Waals surface area contributed by atoms with Crippen molar-refractivity contribution < 1.29 is 9.59 Å². The van der Waals surface area contributed by atoms with Crippen LogP contribution in [0.5, 0.6) is 0 Å². The van der Waals surface area contributed by atoms with E-state index in [0.717, 1.165) is 35.1 Å². The second-order valence-electron chi connectivity index (χ2n) is 8.22. The molecule has 0 spiro atoms. The minimum atomic E-state index is -0.508. The third kappa shape index (κ3) is 5.47. The van der Waals surface area contributed by atoms with Crippen molar-refractivity contribution in [2.45, 2.75) is 71.5 Å². The Labute approximate surface area is 174 Å².